The van der Waals surface area contributed by atoms with Crippen molar-refractivity contribution in [3.8, 4) is 5.75 Å². The molecule has 0 aromatic heterocycles. The molecule has 0 spiro atoms. The zero-order valence-corrected chi connectivity index (χ0v) is 17.7. The first-order valence-corrected chi connectivity index (χ1v) is 10.5. The molecule has 3 aromatic carbocycles. The summed E-state index contributed by atoms with van der Waals surface area (Å²) in [5.74, 6) is 0.822. The highest BCUT2D eigenvalue weighted by Gasteiger charge is 2.41. The SMILES string of the molecule is Clc1ccc2c(c1)[C@@H]1CC(c3ccc(Br)cc3)=NN1[C@@H](c1ccccc1Cl)O2. The van der Waals surface area contributed by atoms with Gasteiger partial charge in [0.2, 0.25) is 6.23 Å². The van der Waals surface area contributed by atoms with Crippen LogP contribution in [-0.4, -0.2) is 10.7 Å². The molecule has 2 aliphatic rings. The number of halogens is 3. The second kappa shape index (κ2) is 7.11. The Kier molecular flexibility index (Phi) is 4.58. The molecule has 0 radical (unpaired) electrons. The highest BCUT2D eigenvalue weighted by Crippen LogP contribution is 2.49. The number of fused-ring (bicyclic) bond motifs is 3. The molecule has 0 aliphatic carbocycles. The van der Waals surface area contributed by atoms with Gasteiger partial charge in [0, 0.05) is 32.1 Å². The van der Waals surface area contributed by atoms with Gasteiger partial charge >= 0.3 is 0 Å². The van der Waals surface area contributed by atoms with Crippen molar-refractivity contribution in [2.45, 2.75) is 18.7 Å². The second-order valence-corrected chi connectivity index (χ2v) is 8.59. The van der Waals surface area contributed by atoms with Crippen LogP contribution >= 0.6 is 39.1 Å². The molecule has 2 heterocycles. The van der Waals surface area contributed by atoms with Crippen LogP contribution < -0.4 is 4.74 Å². The van der Waals surface area contributed by atoms with Crippen molar-refractivity contribution in [3.63, 3.8) is 0 Å². The maximum atomic E-state index is 6.49. The predicted molar refractivity (Wildman–Crippen MR) is 116 cm³/mol. The average molecular weight is 474 g/mol. The third kappa shape index (κ3) is 3.10. The van der Waals surface area contributed by atoms with Gasteiger partial charge in [-0.15, -0.1) is 0 Å². The van der Waals surface area contributed by atoms with Crippen molar-refractivity contribution in [3.05, 3.63) is 97.9 Å². The number of benzene rings is 3. The summed E-state index contributed by atoms with van der Waals surface area (Å²) >= 11 is 16.3. The Bertz CT molecular complexity index is 1080. The maximum Gasteiger partial charge on any atom is 0.215 e. The monoisotopic (exact) mass is 472 g/mol. The summed E-state index contributed by atoms with van der Waals surface area (Å²) in [5, 5.41) is 8.31. The molecule has 0 saturated heterocycles. The molecule has 2 aliphatic heterocycles. The Balaban J connectivity index is 1.62. The molecule has 0 fully saturated rings. The van der Waals surface area contributed by atoms with Crippen LogP contribution in [0.15, 0.2) is 76.3 Å². The van der Waals surface area contributed by atoms with Crippen LogP contribution in [0.2, 0.25) is 10.0 Å². The quantitative estimate of drug-likeness (QED) is 0.400. The van der Waals surface area contributed by atoms with Crippen LogP contribution in [0.3, 0.4) is 0 Å². The fraction of sp³-hybridized carbons (Fsp3) is 0.136. The molecule has 0 saturated carbocycles. The summed E-state index contributed by atoms with van der Waals surface area (Å²) in [4.78, 5) is 0. The summed E-state index contributed by atoms with van der Waals surface area (Å²) in [6, 6.07) is 21.7. The Hall–Kier alpha value is -2.01. The smallest absolute Gasteiger partial charge is 0.215 e. The van der Waals surface area contributed by atoms with Crippen molar-refractivity contribution in [2.24, 2.45) is 5.10 Å². The van der Waals surface area contributed by atoms with Crippen LogP contribution in [0.1, 0.15) is 35.4 Å². The van der Waals surface area contributed by atoms with E-state index in [1.54, 1.807) is 0 Å². The highest BCUT2D eigenvalue weighted by molar-refractivity contribution is 9.10. The van der Waals surface area contributed by atoms with Crippen LogP contribution in [0.4, 0.5) is 0 Å². The molecular formula is C22H15BrCl2N2O. The van der Waals surface area contributed by atoms with Gasteiger partial charge in [-0.3, -0.25) is 0 Å². The molecule has 0 amide bonds. The minimum absolute atomic E-state index is 0.0439. The number of rotatable bonds is 2. The normalized spacial score (nSPS) is 20.2. The number of hydrogen-bond acceptors (Lipinski definition) is 3. The second-order valence-electron chi connectivity index (χ2n) is 6.83. The Morgan fingerprint density at radius 2 is 1.75 bits per heavy atom. The lowest BCUT2D eigenvalue weighted by atomic mass is 9.96. The lowest BCUT2D eigenvalue weighted by molar-refractivity contribution is -0.0189. The molecule has 0 unspecified atom stereocenters. The maximum absolute atomic E-state index is 6.49. The van der Waals surface area contributed by atoms with Crippen molar-refractivity contribution >= 4 is 44.8 Å². The van der Waals surface area contributed by atoms with E-state index in [2.05, 4.69) is 28.1 Å². The van der Waals surface area contributed by atoms with Gasteiger partial charge < -0.3 is 4.74 Å². The largest absolute Gasteiger partial charge is 0.464 e. The van der Waals surface area contributed by atoms with Crippen molar-refractivity contribution in [2.75, 3.05) is 0 Å². The van der Waals surface area contributed by atoms with E-state index in [4.69, 9.17) is 33.0 Å². The summed E-state index contributed by atoms with van der Waals surface area (Å²) in [5.41, 5.74) is 4.06. The molecule has 0 bridgehead atoms. The van der Waals surface area contributed by atoms with Crippen LogP contribution in [0, 0.1) is 0 Å². The van der Waals surface area contributed by atoms with Gasteiger partial charge in [0.25, 0.3) is 0 Å². The van der Waals surface area contributed by atoms with Crippen LogP contribution in [-0.2, 0) is 0 Å². The van der Waals surface area contributed by atoms with Gasteiger partial charge in [0.05, 0.1) is 11.8 Å². The van der Waals surface area contributed by atoms with Crippen molar-refractivity contribution in [1.29, 1.82) is 0 Å². The average Bonchev–Trinajstić information content (AvgIpc) is 3.14. The Labute approximate surface area is 181 Å². The van der Waals surface area contributed by atoms with Crippen LogP contribution in [0.5, 0.6) is 5.75 Å². The van der Waals surface area contributed by atoms with Gasteiger partial charge in [-0.25, -0.2) is 5.01 Å². The molecule has 28 heavy (non-hydrogen) atoms. The van der Waals surface area contributed by atoms with E-state index in [9.17, 15) is 0 Å². The minimum Gasteiger partial charge on any atom is -0.464 e. The molecule has 2 atom stereocenters. The first-order chi connectivity index (χ1) is 13.6. The number of nitrogens with zero attached hydrogens (tertiary/aromatic N) is 2. The van der Waals surface area contributed by atoms with Gasteiger partial charge in [0.15, 0.2) is 0 Å². The topological polar surface area (TPSA) is 24.8 Å². The van der Waals surface area contributed by atoms with Crippen molar-refractivity contribution < 1.29 is 4.74 Å². The fourth-order valence-corrected chi connectivity index (χ4v) is 4.43. The van der Waals surface area contributed by atoms with Gasteiger partial charge in [-0.2, -0.15) is 5.10 Å². The molecular weight excluding hydrogens is 459 g/mol. The number of hydrazone groups is 1. The standard InChI is InChI=1S/C22H15BrCl2N2O/c23-14-7-5-13(6-8-14)19-12-20-17-11-15(24)9-10-21(17)28-22(27(20)26-19)16-3-1-2-4-18(16)25/h1-11,20,22H,12H2/t20-,22+/m0/s1. The summed E-state index contributed by atoms with van der Waals surface area (Å²) in [7, 11) is 0. The molecule has 3 aromatic rings. The van der Waals surface area contributed by atoms with Crippen LogP contribution in [0.25, 0.3) is 0 Å². The van der Waals surface area contributed by atoms with E-state index in [0.717, 1.165) is 39.0 Å². The fourth-order valence-electron chi connectivity index (χ4n) is 3.76. The Morgan fingerprint density at radius 1 is 0.964 bits per heavy atom. The molecule has 5 rings (SSSR count). The van der Waals surface area contributed by atoms with E-state index >= 15 is 0 Å². The lowest BCUT2D eigenvalue weighted by Gasteiger charge is -2.38. The van der Waals surface area contributed by atoms with E-state index in [-0.39, 0.29) is 12.3 Å². The van der Waals surface area contributed by atoms with E-state index in [1.807, 2.05) is 59.6 Å². The zero-order valence-electron chi connectivity index (χ0n) is 14.6. The Morgan fingerprint density at radius 3 is 2.54 bits per heavy atom. The highest BCUT2D eigenvalue weighted by atomic mass is 79.9. The summed E-state index contributed by atoms with van der Waals surface area (Å²) < 4.78 is 7.38. The third-order valence-electron chi connectivity index (χ3n) is 5.10. The molecule has 6 heteroatoms. The zero-order chi connectivity index (χ0) is 19.3. The summed E-state index contributed by atoms with van der Waals surface area (Å²) in [6.45, 7) is 0. The predicted octanol–water partition coefficient (Wildman–Crippen LogP) is 7.00. The van der Waals surface area contributed by atoms with E-state index < -0.39 is 0 Å². The van der Waals surface area contributed by atoms with Gasteiger partial charge in [-0.05, 0) is 42.0 Å². The van der Waals surface area contributed by atoms with E-state index in [1.165, 1.54) is 0 Å². The molecule has 0 N–H and O–H groups in total. The minimum atomic E-state index is -0.389. The summed E-state index contributed by atoms with van der Waals surface area (Å²) in [6.07, 6.45) is 0.388. The first kappa shape index (κ1) is 18.0. The number of ether oxygens (including phenoxy) is 1. The van der Waals surface area contributed by atoms with Gasteiger partial charge in [-0.1, -0.05) is 69.5 Å². The first-order valence-electron chi connectivity index (χ1n) is 8.92. The molecule has 140 valence electrons. The van der Waals surface area contributed by atoms with Gasteiger partial charge in [0.1, 0.15) is 5.75 Å². The van der Waals surface area contributed by atoms with E-state index in [0.29, 0.717) is 10.0 Å². The number of hydrogen-bond donors (Lipinski definition) is 0. The van der Waals surface area contributed by atoms with Crippen molar-refractivity contribution in [1.82, 2.24) is 5.01 Å². The molecule has 3 nitrogen and oxygen atoms in total. The lowest BCUT2D eigenvalue weighted by Crippen LogP contribution is -2.33. The third-order valence-corrected chi connectivity index (χ3v) is 6.21.